The zero-order valence-electron chi connectivity index (χ0n) is 17.7. The van der Waals surface area contributed by atoms with Crippen molar-refractivity contribution in [3.05, 3.63) is 53.1 Å². The molecule has 6 nitrogen and oxygen atoms in total. The average molecular weight is 402 g/mol. The second-order valence-corrected chi connectivity index (χ2v) is 7.84. The number of hydrogen-bond donors (Lipinski definition) is 6. The number of benzene rings is 2. The number of phenols is 2. The van der Waals surface area contributed by atoms with Crippen molar-refractivity contribution < 1.29 is 15.3 Å². The molecule has 0 aromatic heterocycles. The highest BCUT2D eigenvalue weighted by Gasteiger charge is 2.17. The molecule has 29 heavy (non-hydrogen) atoms. The molecular formula is C23H35N3O3. The zero-order valence-corrected chi connectivity index (χ0v) is 17.7. The molecule has 160 valence electrons. The third-order valence-electron chi connectivity index (χ3n) is 5.39. The van der Waals surface area contributed by atoms with E-state index in [1.165, 1.54) is 24.5 Å². The summed E-state index contributed by atoms with van der Waals surface area (Å²) in [5.41, 5.74) is 9.88. The zero-order chi connectivity index (χ0) is 21.4. The van der Waals surface area contributed by atoms with Gasteiger partial charge in [0.05, 0.1) is 0 Å². The standard InChI is InChI=1S/C22H31N3O2.CH4O/c1-14(2)18-12-19(21(27)13-20(18)26)22(23)25-17-5-3-15(4-6-17)11-16-7-9-24-10-8-16;1-2/h3-6,12-14,16,22,24-27H,7-11,23H2,1-2H3;2H,1H3. The van der Waals surface area contributed by atoms with Gasteiger partial charge in [-0.3, -0.25) is 0 Å². The monoisotopic (exact) mass is 401 g/mol. The van der Waals surface area contributed by atoms with Crippen molar-refractivity contribution >= 4 is 5.69 Å². The molecule has 3 rings (SSSR count). The van der Waals surface area contributed by atoms with E-state index >= 15 is 0 Å². The molecular weight excluding hydrogens is 366 g/mol. The molecule has 1 fully saturated rings. The first-order valence-electron chi connectivity index (χ1n) is 10.3. The number of phenolic OH excluding ortho intramolecular Hbond substituents is 2. The van der Waals surface area contributed by atoms with Crippen LogP contribution in [-0.4, -0.2) is 35.5 Å². The van der Waals surface area contributed by atoms with E-state index in [2.05, 4.69) is 22.8 Å². The number of piperidine rings is 1. The first-order valence-corrected chi connectivity index (χ1v) is 10.3. The van der Waals surface area contributed by atoms with Gasteiger partial charge in [-0.1, -0.05) is 26.0 Å². The van der Waals surface area contributed by atoms with Crippen LogP contribution in [0.1, 0.15) is 55.5 Å². The highest BCUT2D eigenvalue weighted by molar-refractivity contribution is 5.52. The van der Waals surface area contributed by atoms with Crippen LogP contribution in [0.25, 0.3) is 0 Å². The van der Waals surface area contributed by atoms with Gasteiger partial charge in [-0.05, 0) is 73.5 Å². The van der Waals surface area contributed by atoms with Gasteiger partial charge in [-0.25, -0.2) is 0 Å². The summed E-state index contributed by atoms with van der Waals surface area (Å²) in [6, 6.07) is 11.5. The van der Waals surface area contributed by atoms with Crippen molar-refractivity contribution in [2.45, 2.75) is 45.2 Å². The molecule has 0 saturated carbocycles. The lowest BCUT2D eigenvalue weighted by molar-refractivity contribution is 0.372. The molecule has 1 heterocycles. The quantitative estimate of drug-likeness (QED) is 0.414. The second kappa shape index (κ2) is 11.0. The summed E-state index contributed by atoms with van der Waals surface area (Å²) in [7, 11) is 1.00. The fraction of sp³-hybridized carbons (Fsp3) is 0.478. The molecule has 0 amide bonds. The van der Waals surface area contributed by atoms with E-state index in [4.69, 9.17) is 10.8 Å². The lowest BCUT2D eigenvalue weighted by Crippen LogP contribution is -2.28. The highest BCUT2D eigenvalue weighted by atomic mass is 16.3. The predicted octanol–water partition coefficient (Wildman–Crippen LogP) is 3.44. The Kier molecular flexibility index (Phi) is 8.76. The van der Waals surface area contributed by atoms with Gasteiger partial charge >= 0.3 is 0 Å². The van der Waals surface area contributed by atoms with Crippen LogP contribution in [0.5, 0.6) is 11.5 Å². The van der Waals surface area contributed by atoms with E-state index in [0.717, 1.165) is 43.8 Å². The van der Waals surface area contributed by atoms with E-state index in [1.54, 1.807) is 6.07 Å². The summed E-state index contributed by atoms with van der Waals surface area (Å²) in [6.45, 7) is 6.23. The first kappa shape index (κ1) is 23.0. The lowest BCUT2D eigenvalue weighted by Gasteiger charge is -2.23. The molecule has 0 aliphatic carbocycles. The van der Waals surface area contributed by atoms with E-state index < -0.39 is 6.17 Å². The first-order chi connectivity index (χ1) is 13.9. The molecule has 1 unspecified atom stereocenters. The summed E-state index contributed by atoms with van der Waals surface area (Å²) in [6.07, 6.45) is 3.04. The minimum absolute atomic E-state index is 0.000530. The molecule has 0 spiro atoms. The third-order valence-corrected chi connectivity index (χ3v) is 5.39. The number of aliphatic hydroxyl groups is 1. The van der Waals surface area contributed by atoms with Gasteiger partial charge in [0, 0.05) is 24.4 Å². The van der Waals surface area contributed by atoms with Crippen molar-refractivity contribution in [2.75, 3.05) is 25.5 Å². The predicted molar refractivity (Wildman–Crippen MR) is 118 cm³/mol. The summed E-state index contributed by atoms with van der Waals surface area (Å²) < 4.78 is 0. The molecule has 1 aliphatic heterocycles. The van der Waals surface area contributed by atoms with Crippen LogP contribution in [-0.2, 0) is 6.42 Å². The normalized spacial score (nSPS) is 15.5. The number of aromatic hydroxyl groups is 2. The maximum Gasteiger partial charge on any atom is 0.125 e. The smallest absolute Gasteiger partial charge is 0.125 e. The van der Waals surface area contributed by atoms with Gasteiger partial charge in [-0.2, -0.15) is 0 Å². The average Bonchev–Trinajstić information content (AvgIpc) is 2.71. The number of aliphatic hydroxyl groups excluding tert-OH is 1. The molecule has 1 saturated heterocycles. The van der Waals surface area contributed by atoms with Crippen LogP contribution in [0.3, 0.4) is 0 Å². The molecule has 2 aromatic rings. The SMILES string of the molecule is CC(C)c1cc(C(N)Nc2ccc(CC3CCNCC3)cc2)c(O)cc1O.CO. The fourth-order valence-corrected chi connectivity index (χ4v) is 3.74. The minimum Gasteiger partial charge on any atom is -0.508 e. The van der Waals surface area contributed by atoms with Crippen molar-refractivity contribution in [2.24, 2.45) is 11.7 Å². The molecule has 6 heteroatoms. The Morgan fingerprint density at radius 1 is 1.00 bits per heavy atom. The van der Waals surface area contributed by atoms with Crippen molar-refractivity contribution in [3.8, 4) is 11.5 Å². The molecule has 7 N–H and O–H groups in total. The van der Waals surface area contributed by atoms with Crippen LogP contribution in [0.2, 0.25) is 0 Å². The summed E-state index contributed by atoms with van der Waals surface area (Å²) >= 11 is 0. The molecule has 1 atom stereocenters. The third kappa shape index (κ3) is 6.35. The Bertz CT molecular complexity index is 757. The molecule has 2 aromatic carbocycles. The Morgan fingerprint density at radius 2 is 1.59 bits per heavy atom. The number of rotatable bonds is 6. The summed E-state index contributed by atoms with van der Waals surface area (Å²) in [5, 5.41) is 33.8. The minimum atomic E-state index is -0.557. The largest absolute Gasteiger partial charge is 0.508 e. The van der Waals surface area contributed by atoms with Crippen molar-refractivity contribution in [1.82, 2.24) is 5.32 Å². The van der Waals surface area contributed by atoms with E-state index in [0.29, 0.717) is 5.56 Å². The summed E-state index contributed by atoms with van der Waals surface area (Å²) in [5.74, 6) is 1.00. The molecule has 1 aliphatic rings. The number of nitrogens with two attached hydrogens (primary N) is 1. The van der Waals surface area contributed by atoms with Crippen LogP contribution in [0, 0.1) is 5.92 Å². The van der Waals surface area contributed by atoms with Crippen LogP contribution < -0.4 is 16.4 Å². The van der Waals surface area contributed by atoms with E-state index in [1.807, 2.05) is 26.0 Å². The molecule has 0 bridgehead atoms. The second-order valence-electron chi connectivity index (χ2n) is 7.84. The van der Waals surface area contributed by atoms with Crippen molar-refractivity contribution in [3.63, 3.8) is 0 Å². The van der Waals surface area contributed by atoms with Gasteiger partial charge in [0.1, 0.15) is 17.7 Å². The van der Waals surface area contributed by atoms with Crippen LogP contribution in [0.15, 0.2) is 36.4 Å². The highest BCUT2D eigenvalue weighted by Crippen LogP contribution is 2.34. The molecule has 0 radical (unpaired) electrons. The van der Waals surface area contributed by atoms with Gasteiger partial charge in [0.2, 0.25) is 0 Å². The van der Waals surface area contributed by atoms with Gasteiger partial charge in [0.25, 0.3) is 0 Å². The van der Waals surface area contributed by atoms with Crippen LogP contribution in [0.4, 0.5) is 5.69 Å². The fourth-order valence-electron chi connectivity index (χ4n) is 3.74. The van der Waals surface area contributed by atoms with Gasteiger partial charge < -0.3 is 31.7 Å². The van der Waals surface area contributed by atoms with E-state index in [9.17, 15) is 10.2 Å². The van der Waals surface area contributed by atoms with Crippen LogP contribution >= 0.6 is 0 Å². The number of nitrogens with one attached hydrogen (secondary N) is 2. The van der Waals surface area contributed by atoms with Gasteiger partial charge in [-0.15, -0.1) is 0 Å². The number of hydrogen-bond acceptors (Lipinski definition) is 6. The Labute approximate surface area is 173 Å². The summed E-state index contributed by atoms with van der Waals surface area (Å²) in [4.78, 5) is 0. The van der Waals surface area contributed by atoms with E-state index in [-0.39, 0.29) is 17.4 Å². The van der Waals surface area contributed by atoms with Gasteiger partial charge in [0.15, 0.2) is 0 Å². The Hall–Kier alpha value is -2.28. The van der Waals surface area contributed by atoms with Crippen molar-refractivity contribution in [1.29, 1.82) is 0 Å². The lowest BCUT2D eigenvalue weighted by atomic mass is 9.91. The topological polar surface area (TPSA) is 111 Å². The Morgan fingerprint density at radius 3 is 2.17 bits per heavy atom. The Balaban J connectivity index is 0.00000145. The number of anilines is 1. The maximum absolute atomic E-state index is 10.2. The maximum atomic E-state index is 10.2.